The van der Waals surface area contributed by atoms with Crippen molar-refractivity contribution in [2.45, 2.75) is 32.1 Å². The van der Waals surface area contributed by atoms with Crippen LogP contribution in [0.5, 0.6) is 0 Å². The second-order valence-corrected chi connectivity index (χ2v) is 5.31. The largest absolute Gasteiger partial charge is 0.353 e. The number of nitrogens with one attached hydrogen (secondary N) is 2. The van der Waals surface area contributed by atoms with Crippen LogP contribution >= 0.6 is 11.6 Å². The number of benzene rings is 1. The summed E-state index contributed by atoms with van der Waals surface area (Å²) in [5.41, 5.74) is 2.68. The van der Waals surface area contributed by atoms with Crippen molar-refractivity contribution in [1.82, 2.24) is 10.8 Å². The molecule has 0 spiro atoms. The summed E-state index contributed by atoms with van der Waals surface area (Å²) in [6.07, 6.45) is 6.62. The molecule has 6 heteroatoms. The maximum absolute atomic E-state index is 11.6. The first kappa shape index (κ1) is 18.2. The molecule has 3 N–H and O–H groups in total. The second-order valence-electron chi connectivity index (χ2n) is 4.87. The Labute approximate surface area is 135 Å². The number of hydrogen-bond donors (Lipinski definition) is 3. The van der Waals surface area contributed by atoms with Crippen LogP contribution in [0.2, 0.25) is 5.02 Å². The fourth-order valence-corrected chi connectivity index (χ4v) is 1.96. The Morgan fingerprint density at radius 3 is 2.55 bits per heavy atom. The molecule has 1 rings (SSSR count). The van der Waals surface area contributed by atoms with Crippen LogP contribution in [0.4, 0.5) is 0 Å². The summed E-state index contributed by atoms with van der Waals surface area (Å²) < 4.78 is 0. The van der Waals surface area contributed by atoms with Gasteiger partial charge in [-0.2, -0.15) is 0 Å². The number of allylic oxidation sites excluding steroid dienone is 1. The first-order valence-electron chi connectivity index (χ1n) is 7.23. The Morgan fingerprint density at radius 1 is 1.14 bits per heavy atom. The van der Waals surface area contributed by atoms with E-state index in [9.17, 15) is 9.59 Å². The number of hydrogen-bond acceptors (Lipinski definition) is 3. The van der Waals surface area contributed by atoms with E-state index >= 15 is 0 Å². The van der Waals surface area contributed by atoms with Crippen molar-refractivity contribution in [1.29, 1.82) is 0 Å². The van der Waals surface area contributed by atoms with E-state index in [-0.39, 0.29) is 11.8 Å². The van der Waals surface area contributed by atoms with E-state index in [1.54, 1.807) is 5.48 Å². The molecule has 0 saturated carbocycles. The lowest BCUT2D eigenvalue weighted by Crippen LogP contribution is -2.22. The van der Waals surface area contributed by atoms with E-state index in [2.05, 4.69) is 5.32 Å². The summed E-state index contributed by atoms with van der Waals surface area (Å²) in [5, 5.41) is 11.8. The number of carbonyl (C=O) groups is 2. The van der Waals surface area contributed by atoms with Gasteiger partial charge in [-0.15, -0.1) is 0 Å². The van der Waals surface area contributed by atoms with Gasteiger partial charge in [0, 0.05) is 18.0 Å². The Hall–Kier alpha value is -1.85. The zero-order valence-electron chi connectivity index (χ0n) is 12.3. The highest BCUT2D eigenvalue weighted by molar-refractivity contribution is 6.30. The molecule has 0 saturated heterocycles. The van der Waals surface area contributed by atoms with Gasteiger partial charge in [-0.1, -0.05) is 36.2 Å². The third-order valence-electron chi connectivity index (χ3n) is 3.04. The van der Waals surface area contributed by atoms with Gasteiger partial charge in [0.05, 0.1) is 0 Å². The van der Waals surface area contributed by atoms with Crippen molar-refractivity contribution in [3.05, 3.63) is 47.0 Å². The van der Waals surface area contributed by atoms with Crippen LogP contribution in [0.3, 0.4) is 0 Å². The molecule has 2 amide bonds. The second kappa shape index (κ2) is 10.8. The number of rotatable bonds is 9. The van der Waals surface area contributed by atoms with Gasteiger partial charge in [0.2, 0.25) is 11.8 Å². The molecule has 0 heterocycles. The minimum absolute atomic E-state index is 0.123. The summed E-state index contributed by atoms with van der Waals surface area (Å²) in [5.74, 6) is -0.503. The zero-order chi connectivity index (χ0) is 16.2. The minimum atomic E-state index is -0.380. The molecule has 0 aromatic heterocycles. The predicted octanol–water partition coefficient (Wildman–Crippen LogP) is 2.62. The van der Waals surface area contributed by atoms with Crippen LogP contribution in [0, 0.1) is 0 Å². The zero-order valence-corrected chi connectivity index (χ0v) is 13.1. The van der Waals surface area contributed by atoms with Gasteiger partial charge >= 0.3 is 0 Å². The maximum atomic E-state index is 11.6. The van der Waals surface area contributed by atoms with Gasteiger partial charge in [0.1, 0.15) is 0 Å². The van der Waals surface area contributed by atoms with Crippen LogP contribution in [0.1, 0.15) is 31.2 Å². The van der Waals surface area contributed by atoms with Crippen molar-refractivity contribution in [2.24, 2.45) is 0 Å². The summed E-state index contributed by atoms with van der Waals surface area (Å²) in [4.78, 5) is 22.3. The third-order valence-corrected chi connectivity index (χ3v) is 3.29. The molecule has 120 valence electrons. The highest BCUT2D eigenvalue weighted by Crippen LogP contribution is 2.10. The highest BCUT2D eigenvalue weighted by atomic mass is 35.5. The lowest BCUT2D eigenvalue weighted by atomic mass is 10.1. The van der Waals surface area contributed by atoms with Gasteiger partial charge < -0.3 is 5.32 Å². The Balaban J connectivity index is 2.09. The summed E-state index contributed by atoms with van der Waals surface area (Å²) in [7, 11) is 0. The van der Waals surface area contributed by atoms with Gasteiger partial charge in [-0.25, -0.2) is 5.48 Å². The fraction of sp³-hybridized carbons (Fsp3) is 0.375. The van der Waals surface area contributed by atoms with Crippen LogP contribution < -0.4 is 10.8 Å². The van der Waals surface area contributed by atoms with Crippen LogP contribution in [0.25, 0.3) is 0 Å². The average molecular weight is 325 g/mol. The van der Waals surface area contributed by atoms with Gasteiger partial charge in [-0.3, -0.25) is 14.8 Å². The summed E-state index contributed by atoms with van der Waals surface area (Å²) in [6.45, 7) is 0.574. The lowest BCUT2D eigenvalue weighted by Gasteiger charge is -2.02. The number of carbonyl (C=O) groups excluding carboxylic acids is 2. The summed E-state index contributed by atoms with van der Waals surface area (Å²) >= 11 is 5.80. The normalized spacial score (nSPS) is 10.6. The fourth-order valence-electron chi connectivity index (χ4n) is 1.84. The molecule has 0 radical (unpaired) electrons. The Bertz CT molecular complexity index is 501. The topological polar surface area (TPSA) is 78.4 Å². The van der Waals surface area contributed by atoms with Crippen molar-refractivity contribution in [3.8, 4) is 0 Å². The van der Waals surface area contributed by atoms with Crippen LogP contribution in [-0.4, -0.2) is 23.6 Å². The van der Waals surface area contributed by atoms with Crippen LogP contribution in [-0.2, 0) is 16.0 Å². The smallest absolute Gasteiger partial charge is 0.243 e. The molecular weight excluding hydrogens is 304 g/mol. The number of halogens is 1. The molecule has 0 aliphatic rings. The first-order valence-corrected chi connectivity index (χ1v) is 7.61. The highest BCUT2D eigenvalue weighted by Gasteiger charge is 1.99. The molecule has 0 aliphatic heterocycles. The Kier molecular flexibility index (Phi) is 8.95. The monoisotopic (exact) mass is 324 g/mol. The number of unbranched alkanes of at least 4 members (excludes halogenated alkanes) is 2. The van der Waals surface area contributed by atoms with Crippen molar-refractivity contribution >= 4 is 23.4 Å². The molecule has 5 nitrogen and oxygen atoms in total. The third kappa shape index (κ3) is 8.44. The van der Waals surface area contributed by atoms with Gasteiger partial charge in [0.15, 0.2) is 0 Å². The molecule has 0 bridgehead atoms. The predicted molar refractivity (Wildman–Crippen MR) is 85.7 cm³/mol. The maximum Gasteiger partial charge on any atom is 0.243 e. The number of hydroxylamine groups is 1. The molecule has 1 aromatic rings. The van der Waals surface area contributed by atoms with Crippen molar-refractivity contribution < 1.29 is 14.8 Å². The minimum Gasteiger partial charge on any atom is -0.353 e. The van der Waals surface area contributed by atoms with Crippen LogP contribution in [0.15, 0.2) is 36.4 Å². The molecule has 0 fully saturated rings. The van der Waals surface area contributed by atoms with Gasteiger partial charge in [0.25, 0.3) is 0 Å². The van der Waals surface area contributed by atoms with E-state index in [0.717, 1.165) is 18.4 Å². The average Bonchev–Trinajstić information content (AvgIpc) is 2.52. The molecule has 22 heavy (non-hydrogen) atoms. The quantitative estimate of drug-likeness (QED) is 0.283. The van der Waals surface area contributed by atoms with Gasteiger partial charge in [-0.05, 0) is 43.0 Å². The molecule has 1 aromatic carbocycles. The number of amides is 2. The molecular formula is C16H21ClN2O3. The van der Waals surface area contributed by atoms with E-state index < -0.39 is 0 Å². The Morgan fingerprint density at radius 2 is 1.86 bits per heavy atom. The van der Waals surface area contributed by atoms with E-state index in [1.165, 1.54) is 6.08 Å². The van der Waals surface area contributed by atoms with E-state index in [0.29, 0.717) is 30.8 Å². The molecule has 0 atom stereocenters. The van der Waals surface area contributed by atoms with E-state index in [4.69, 9.17) is 16.8 Å². The van der Waals surface area contributed by atoms with Crippen molar-refractivity contribution in [2.75, 3.05) is 6.54 Å². The van der Waals surface area contributed by atoms with Crippen molar-refractivity contribution in [3.63, 3.8) is 0 Å². The SMILES string of the molecule is O=C(/C=C/Cc1ccc(Cl)cc1)NCCCCCC(=O)NO. The molecule has 0 aliphatic carbocycles. The summed E-state index contributed by atoms with van der Waals surface area (Å²) in [6, 6.07) is 7.49. The standard InChI is InChI=1S/C16H21ClN2O3/c17-14-10-8-13(9-11-14)5-4-7-15(20)18-12-3-1-2-6-16(21)19-22/h4,7-11,22H,1-3,5-6,12H2,(H,18,20)(H,19,21)/b7-4+. The lowest BCUT2D eigenvalue weighted by molar-refractivity contribution is -0.129. The molecule has 0 unspecified atom stereocenters. The first-order chi connectivity index (χ1) is 10.6. The van der Waals surface area contributed by atoms with E-state index in [1.807, 2.05) is 30.3 Å².